The van der Waals surface area contributed by atoms with Crippen molar-refractivity contribution in [1.29, 1.82) is 0 Å². The third-order valence-corrected chi connectivity index (χ3v) is 7.06. The molecular weight excluding hydrogens is 438 g/mol. The van der Waals surface area contributed by atoms with Crippen LogP contribution in [0, 0.1) is 0 Å². The number of nitrogens with zero attached hydrogens (tertiary/aromatic N) is 3. The zero-order chi connectivity index (χ0) is 23.1. The number of aromatic nitrogens is 1. The number of pyridine rings is 1. The highest BCUT2D eigenvalue weighted by Gasteiger charge is 2.42. The number of anilines is 1. The summed E-state index contributed by atoms with van der Waals surface area (Å²) in [6, 6.07) is 7.64. The molecular formula is C23H29ClF2N4O2. The molecule has 0 radical (unpaired) electrons. The molecule has 1 aromatic carbocycles. The highest BCUT2D eigenvalue weighted by Crippen LogP contribution is 2.38. The first-order valence-electron chi connectivity index (χ1n) is 11.0. The highest BCUT2D eigenvalue weighted by molar-refractivity contribution is 6.35. The lowest BCUT2D eigenvalue weighted by Crippen LogP contribution is -2.47. The van der Waals surface area contributed by atoms with Crippen LogP contribution in [0.15, 0.2) is 24.3 Å². The highest BCUT2D eigenvalue weighted by atomic mass is 35.5. The lowest BCUT2D eigenvalue weighted by atomic mass is 9.82. The van der Waals surface area contributed by atoms with Gasteiger partial charge in [-0.3, -0.25) is 4.79 Å². The quantitative estimate of drug-likeness (QED) is 0.703. The number of alkyl halides is 2. The Labute approximate surface area is 191 Å². The fraction of sp³-hybridized carbons (Fsp3) is 0.565. The molecule has 32 heavy (non-hydrogen) atoms. The van der Waals surface area contributed by atoms with Gasteiger partial charge in [0.25, 0.3) is 5.91 Å². The maximum Gasteiger partial charge on any atom is 0.253 e. The molecule has 2 fully saturated rings. The summed E-state index contributed by atoms with van der Waals surface area (Å²) in [6.07, 6.45) is 0.185. The number of rotatable bonds is 5. The van der Waals surface area contributed by atoms with E-state index in [2.05, 4.69) is 29.2 Å². The van der Waals surface area contributed by atoms with Crippen molar-refractivity contribution >= 4 is 34.2 Å². The zero-order valence-electron chi connectivity index (χ0n) is 18.4. The molecule has 1 saturated heterocycles. The second-order valence-electron chi connectivity index (χ2n) is 9.27. The van der Waals surface area contributed by atoms with Gasteiger partial charge in [0.2, 0.25) is 5.92 Å². The molecule has 1 saturated carbocycles. The van der Waals surface area contributed by atoms with Crippen molar-refractivity contribution in [2.75, 3.05) is 38.6 Å². The van der Waals surface area contributed by atoms with Crippen LogP contribution in [0.3, 0.4) is 0 Å². The third-order valence-electron chi connectivity index (χ3n) is 6.74. The van der Waals surface area contributed by atoms with E-state index in [-0.39, 0.29) is 42.8 Å². The van der Waals surface area contributed by atoms with Crippen LogP contribution < -0.4 is 10.2 Å². The van der Waals surface area contributed by atoms with E-state index in [4.69, 9.17) is 16.6 Å². The number of nitrogens with one attached hydrogen (secondary N) is 1. The summed E-state index contributed by atoms with van der Waals surface area (Å²) in [6.45, 7) is 1.71. The smallest absolute Gasteiger partial charge is 0.253 e. The number of fused-ring (bicyclic) bond motifs is 1. The number of benzene rings is 1. The van der Waals surface area contributed by atoms with Gasteiger partial charge in [0.05, 0.1) is 21.7 Å². The van der Waals surface area contributed by atoms with E-state index >= 15 is 0 Å². The Morgan fingerprint density at radius 2 is 1.97 bits per heavy atom. The van der Waals surface area contributed by atoms with Gasteiger partial charge in [-0.1, -0.05) is 11.6 Å². The fourth-order valence-corrected chi connectivity index (χ4v) is 4.79. The number of aliphatic hydroxyl groups is 1. The van der Waals surface area contributed by atoms with Crippen LogP contribution in [0.5, 0.6) is 0 Å². The molecule has 0 unspecified atom stereocenters. The van der Waals surface area contributed by atoms with Gasteiger partial charge in [-0.15, -0.1) is 0 Å². The maximum absolute atomic E-state index is 13.4. The molecule has 2 aliphatic rings. The van der Waals surface area contributed by atoms with Crippen molar-refractivity contribution in [2.24, 2.45) is 0 Å². The van der Waals surface area contributed by atoms with E-state index < -0.39 is 17.4 Å². The summed E-state index contributed by atoms with van der Waals surface area (Å²) in [4.78, 5) is 22.1. The van der Waals surface area contributed by atoms with Gasteiger partial charge in [-0.25, -0.2) is 13.8 Å². The monoisotopic (exact) mass is 466 g/mol. The second kappa shape index (κ2) is 8.72. The lowest BCUT2D eigenvalue weighted by Gasteiger charge is -2.35. The van der Waals surface area contributed by atoms with Crippen LogP contribution >= 0.6 is 11.6 Å². The summed E-state index contributed by atoms with van der Waals surface area (Å²) >= 11 is 6.35. The predicted molar refractivity (Wildman–Crippen MR) is 122 cm³/mol. The minimum Gasteiger partial charge on any atom is -0.388 e. The van der Waals surface area contributed by atoms with Crippen molar-refractivity contribution in [3.63, 3.8) is 0 Å². The first kappa shape index (κ1) is 23.1. The van der Waals surface area contributed by atoms with Crippen molar-refractivity contribution in [2.45, 2.75) is 49.7 Å². The first-order valence-corrected chi connectivity index (χ1v) is 11.3. The molecule has 4 rings (SSSR count). The number of amides is 1. The molecule has 1 aliphatic carbocycles. The number of likely N-dealkylation sites (N-methyl/N-ethyl adjacent to an activating group) is 1. The van der Waals surface area contributed by atoms with Gasteiger partial charge in [0.15, 0.2) is 0 Å². The first-order chi connectivity index (χ1) is 15.1. The number of hydrogen-bond donors (Lipinski definition) is 2. The number of hydrogen-bond acceptors (Lipinski definition) is 5. The van der Waals surface area contributed by atoms with Gasteiger partial charge in [-0.2, -0.15) is 0 Å². The SMILES string of the molecule is CN(C)[C@@H]1CCN(c2ccc3c(C(=O)NCC4(O)CCC(F)(F)CC4)c(Cl)ccc3n2)C1. The molecule has 6 nitrogen and oxygen atoms in total. The van der Waals surface area contributed by atoms with E-state index in [0.717, 1.165) is 25.3 Å². The van der Waals surface area contributed by atoms with Crippen LogP contribution in [-0.4, -0.2) is 72.2 Å². The Morgan fingerprint density at radius 1 is 1.25 bits per heavy atom. The molecule has 174 valence electrons. The topological polar surface area (TPSA) is 68.7 Å². The number of halogens is 3. The van der Waals surface area contributed by atoms with E-state index in [1.807, 2.05) is 12.1 Å². The second-order valence-corrected chi connectivity index (χ2v) is 9.68. The average molecular weight is 467 g/mol. The Bertz CT molecular complexity index is 1010. The fourth-order valence-electron chi connectivity index (χ4n) is 4.54. The van der Waals surface area contributed by atoms with Gasteiger partial charge in [0.1, 0.15) is 5.82 Å². The predicted octanol–water partition coefficient (Wildman–Crippen LogP) is 3.70. The Balaban J connectivity index is 1.51. The third kappa shape index (κ3) is 4.82. The summed E-state index contributed by atoms with van der Waals surface area (Å²) in [5.41, 5.74) is -0.402. The lowest BCUT2D eigenvalue weighted by molar-refractivity contribution is -0.101. The molecule has 1 amide bonds. The molecule has 2 heterocycles. The Kier molecular flexibility index (Phi) is 6.31. The van der Waals surface area contributed by atoms with Crippen molar-refractivity contribution in [3.05, 3.63) is 34.9 Å². The van der Waals surface area contributed by atoms with E-state index in [9.17, 15) is 18.7 Å². The van der Waals surface area contributed by atoms with Crippen LogP contribution in [0.25, 0.3) is 10.9 Å². The number of carbonyl (C=O) groups excluding carboxylic acids is 1. The average Bonchev–Trinajstić information content (AvgIpc) is 3.25. The zero-order valence-corrected chi connectivity index (χ0v) is 19.1. The molecule has 1 aliphatic heterocycles. The largest absolute Gasteiger partial charge is 0.388 e. The van der Waals surface area contributed by atoms with Gasteiger partial charge in [-0.05, 0) is 57.6 Å². The Hall–Kier alpha value is -2.03. The summed E-state index contributed by atoms with van der Waals surface area (Å²) < 4.78 is 26.8. The van der Waals surface area contributed by atoms with Crippen molar-refractivity contribution in [1.82, 2.24) is 15.2 Å². The summed E-state index contributed by atoms with van der Waals surface area (Å²) in [7, 11) is 4.15. The molecule has 0 spiro atoms. The summed E-state index contributed by atoms with van der Waals surface area (Å²) in [5.74, 6) is -2.34. The van der Waals surface area contributed by atoms with Crippen LogP contribution in [0.4, 0.5) is 14.6 Å². The van der Waals surface area contributed by atoms with E-state index in [0.29, 0.717) is 16.9 Å². The van der Waals surface area contributed by atoms with Gasteiger partial charge in [0, 0.05) is 43.9 Å². The van der Waals surface area contributed by atoms with Gasteiger partial charge >= 0.3 is 0 Å². The normalized spacial score (nSPS) is 22.5. The van der Waals surface area contributed by atoms with Crippen molar-refractivity contribution < 1.29 is 18.7 Å². The molecule has 9 heteroatoms. The minimum atomic E-state index is -2.75. The molecule has 0 bridgehead atoms. The van der Waals surface area contributed by atoms with Crippen LogP contribution in [0.2, 0.25) is 5.02 Å². The van der Waals surface area contributed by atoms with E-state index in [1.54, 1.807) is 12.1 Å². The maximum atomic E-state index is 13.4. The van der Waals surface area contributed by atoms with Crippen LogP contribution in [-0.2, 0) is 0 Å². The molecule has 2 aromatic rings. The van der Waals surface area contributed by atoms with Crippen molar-refractivity contribution in [3.8, 4) is 0 Å². The minimum absolute atomic E-state index is 0.0573. The summed E-state index contributed by atoms with van der Waals surface area (Å²) in [5, 5.41) is 14.2. The standard InChI is InChI=1S/C23H29ClF2N4O2/c1-29(2)15-7-12-30(13-15)19-6-3-16-18(28-19)5-4-17(24)20(16)21(31)27-14-22(32)8-10-23(25,26)11-9-22/h3-6,15,32H,7-14H2,1-2H3,(H,27,31)/t15-/m1/s1. The molecule has 2 N–H and O–H groups in total. The molecule has 1 aromatic heterocycles. The number of carbonyl (C=O) groups is 1. The molecule has 1 atom stereocenters. The van der Waals surface area contributed by atoms with Gasteiger partial charge < -0.3 is 20.2 Å². The van der Waals surface area contributed by atoms with Crippen LogP contribution in [0.1, 0.15) is 42.5 Å². The van der Waals surface area contributed by atoms with E-state index in [1.165, 1.54) is 0 Å². The Morgan fingerprint density at radius 3 is 2.62 bits per heavy atom.